The van der Waals surface area contributed by atoms with Crippen molar-refractivity contribution in [2.45, 2.75) is 6.92 Å². The molecule has 0 aliphatic carbocycles. The average molecular weight is 301 g/mol. The van der Waals surface area contributed by atoms with Gasteiger partial charge in [0, 0.05) is 5.69 Å². The third-order valence-corrected chi connectivity index (χ3v) is 4.37. The number of nitrogens with two attached hydrogens (primary N) is 1. The molecule has 0 bridgehead atoms. The highest BCUT2D eigenvalue weighted by Gasteiger charge is 2.15. The molecular weight excluding hydrogens is 291 g/mol. The number of amides is 1. The highest BCUT2D eigenvalue weighted by molar-refractivity contribution is 7.13. The number of rotatable bonds is 2. The van der Waals surface area contributed by atoms with E-state index >= 15 is 0 Å². The van der Waals surface area contributed by atoms with Crippen molar-refractivity contribution in [1.29, 1.82) is 0 Å². The maximum atomic E-state index is 12.0. The number of benzene rings is 1. The molecule has 6 heteroatoms. The van der Waals surface area contributed by atoms with Crippen molar-refractivity contribution in [1.82, 2.24) is 0 Å². The summed E-state index contributed by atoms with van der Waals surface area (Å²) in [6.45, 7) is 1.85. The normalized spacial score (nSPS) is 10.4. The van der Waals surface area contributed by atoms with Crippen molar-refractivity contribution in [3.63, 3.8) is 0 Å². The third kappa shape index (κ3) is 2.61. The largest absolute Gasteiger partial charge is 0.399 e. The van der Waals surface area contributed by atoms with Crippen LogP contribution >= 0.6 is 34.5 Å². The molecule has 0 aliphatic rings. The molecule has 1 amide bonds. The van der Waals surface area contributed by atoms with Crippen LogP contribution in [-0.2, 0) is 0 Å². The fraction of sp³-hybridized carbons (Fsp3) is 0.0833. The molecule has 3 nitrogen and oxygen atoms in total. The number of carbonyl (C=O) groups is 1. The second kappa shape index (κ2) is 5.18. The molecular formula is C12H10Cl2N2OS. The van der Waals surface area contributed by atoms with E-state index in [1.165, 1.54) is 11.3 Å². The number of hydrogen-bond donors (Lipinski definition) is 2. The zero-order valence-electron chi connectivity index (χ0n) is 9.46. The lowest BCUT2D eigenvalue weighted by Gasteiger charge is -2.07. The molecule has 0 atom stereocenters. The van der Waals surface area contributed by atoms with E-state index in [0.717, 1.165) is 5.56 Å². The minimum atomic E-state index is -0.286. The molecule has 2 rings (SSSR count). The van der Waals surface area contributed by atoms with Crippen LogP contribution < -0.4 is 11.1 Å². The minimum absolute atomic E-state index is 0.286. The number of halogens is 2. The van der Waals surface area contributed by atoms with Crippen molar-refractivity contribution in [3.8, 4) is 0 Å². The summed E-state index contributed by atoms with van der Waals surface area (Å²) in [4.78, 5) is 12.5. The fourth-order valence-corrected chi connectivity index (χ4v) is 2.74. The summed E-state index contributed by atoms with van der Waals surface area (Å²) in [5, 5.41) is 5.43. The van der Waals surface area contributed by atoms with Crippen molar-refractivity contribution in [3.05, 3.63) is 44.1 Å². The van der Waals surface area contributed by atoms with E-state index in [2.05, 4.69) is 5.32 Å². The topological polar surface area (TPSA) is 55.1 Å². The highest BCUT2D eigenvalue weighted by Crippen LogP contribution is 2.29. The number of nitrogens with one attached hydrogen (secondary N) is 1. The third-order valence-electron chi connectivity index (χ3n) is 2.34. The van der Waals surface area contributed by atoms with Gasteiger partial charge in [-0.2, -0.15) is 0 Å². The van der Waals surface area contributed by atoms with E-state index in [1.807, 2.05) is 12.3 Å². The number of anilines is 2. The molecule has 1 heterocycles. The first-order valence-electron chi connectivity index (χ1n) is 5.09. The second-order valence-electron chi connectivity index (χ2n) is 3.76. The molecule has 18 heavy (non-hydrogen) atoms. The zero-order valence-corrected chi connectivity index (χ0v) is 11.8. The Labute approximate surface area is 119 Å². The predicted octanol–water partition coefficient (Wildman–Crippen LogP) is 4.20. The standard InChI is InChI=1S/C12H10Cl2N2OS/c1-6-5-18-11(10(6)14)12(17)16-9-4-7(15)2-3-8(9)13/h2-5H,15H2,1H3,(H,16,17). The fourth-order valence-electron chi connectivity index (χ4n) is 1.40. The Balaban J connectivity index is 2.27. The van der Waals surface area contributed by atoms with Crippen LogP contribution in [0.5, 0.6) is 0 Å². The van der Waals surface area contributed by atoms with Crippen molar-refractivity contribution in [2.75, 3.05) is 11.1 Å². The molecule has 0 aliphatic heterocycles. The van der Waals surface area contributed by atoms with Gasteiger partial charge in [-0.25, -0.2) is 0 Å². The molecule has 1 aromatic carbocycles. The summed E-state index contributed by atoms with van der Waals surface area (Å²) in [7, 11) is 0. The van der Waals surface area contributed by atoms with Gasteiger partial charge < -0.3 is 11.1 Å². The lowest BCUT2D eigenvalue weighted by atomic mass is 10.2. The lowest BCUT2D eigenvalue weighted by Crippen LogP contribution is -2.11. The predicted molar refractivity (Wildman–Crippen MR) is 77.9 cm³/mol. The Kier molecular flexibility index (Phi) is 3.80. The minimum Gasteiger partial charge on any atom is -0.399 e. The van der Waals surface area contributed by atoms with Crippen LogP contribution in [0.15, 0.2) is 23.6 Å². The molecule has 0 saturated heterocycles. The van der Waals surface area contributed by atoms with Crippen LogP contribution in [0.3, 0.4) is 0 Å². The zero-order chi connectivity index (χ0) is 13.3. The Morgan fingerprint density at radius 1 is 1.39 bits per heavy atom. The van der Waals surface area contributed by atoms with Gasteiger partial charge in [-0.3, -0.25) is 4.79 Å². The van der Waals surface area contributed by atoms with E-state index in [9.17, 15) is 4.79 Å². The van der Waals surface area contributed by atoms with E-state index in [1.54, 1.807) is 18.2 Å². The van der Waals surface area contributed by atoms with Gasteiger partial charge in [-0.1, -0.05) is 23.2 Å². The Hall–Kier alpha value is -1.23. The molecule has 0 saturated carbocycles. The van der Waals surface area contributed by atoms with Gasteiger partial charge in [0.05, 0.1) is 15.7 Å². The quantitative estimate of drug-likeness (QED) is 0.817. The number of hydrogen-bond acceptors (Lipinski definition) is 3. The van der Waals surface area contributed by atoms with E-state index < -0.39 is 0 Å². The maximum absolute atomic E-state index is 12.0. The molecule has 0 radical (unpaired) electrons. The Morgan fingerprint density at radius 2 is 2.11 bits per heavy atom. The average Bonchev–Trinajstić information content (AvgIpc) is 2.65. The number of carbonyl (C=O) groups excluding carboxylic acids is 1. The first-order chi connectivity index (χ1) is 8.49. The number of aryl methyl sites for hydroxylation is 1. The second-order valence-corrected chi connectivity index (χ2v) is 5.42. The van der Waals surface area contributed by atoms with Gasteiger partial charge >= 0.3 is 0 Å². The number of thiophene rings is 1. The van der Waals surface area contributed by atoms with Gasteiger partial charge in [-0.05, 0) is 36.1 Å². The summed E-state index contributed by atoms with van der Waals surface area (Å²) >= 11 is 13.3. The molecule has 0 unspecified atom stereocenters. The van der Waals surface area contributed by atoms with Gasteiger partial charge in [0.2, 0.25) is 0 Å². The molecule has 94 valence electrons. The van der Waals surface area contributed by atoms with Crippen molar-refractivity contribution >= 4 is 51.8 Å². The summed E-state index contributed by atoms with van der Waals surface area (Å²) in [6.07, 6.45) is 0. The smallest absolute Gasteiger partial charge is 0.267 e. The van der Waals surface area contributed by atoms with Crippen LogP contribution in [-0.4, -0.2) is 5.91 Å². The Morgan fingerprint density at radius 3 is 2.72 bits per heavy atom. The molecule has 1 aromatic heterocycles. The van der Waals surface area contributed by atoms with Crippen LogP contribution in [0.25, 0.3) is 0 Å². The van der Waals surface area contributed by atoms with Gasteiger partial charge in [0.15, 0.2) is 0 Å². The first-order valence-corrected chi connectivity index (χ1v) is 6.72. The first kappa shape index (κ1) is 13.2. The van der Waals surface area contributed by atoms with E-state index in [0.29, 0.717) is 26.3 Å². The van der Waals surface area contributed by atoms with Gasteiger partial charge in [0.25, 0.3) is 5.91 Å². The van der Waals surface area contributed by atoms with E-state index in [-0.39, 0.29) is 5.91 Å². The molecule has 2 aromatic rings. The van der Waals surface area contributed by atoms with Crippen LogP contribution in [0.4, 0.5) is 11.4 Å². The Bertz CT molecular complexity index is 610. The molecule has 0 fully saturated rings. The van der Waals surface area contributed by atoms with Crippen molar-refractivity contribution in [2.24, 2.45) is 0 Å². The summed E-state index contributed by atoms with van der Waals surface area (Å²) < 4.78 is 0. The van der Waals surface area contributed by atoms with Crippen LogP contribution in [0.2, 0.25) is 10.0 Å². The number of nitrogen functional groups attached to an aromatic ring is 1. The SMILES string of the molecule is Cc1csc(C(=O)Nc2cc(N)ccc2Cl)c1Cl. The van der Waals surface area contributed by atoms with Crippen LogP contribution in [0, 0.1) is 6.92 Å². The van der Waals surface area contributed by atoms with Crippen molar-refractivity contribution < 1.29 is 4.79 Å². The van der Waals surface area contributed by atoms with E-state index in [4.69, 9.17) is 28.9 Å². The van der Waals surface area contributed by atoms with Crippen LogP contribution in [0.1, 0.15) is 15.2 Å². The summed E-state index contributed by atoms with van der Waals surface area (Å²) in [6, 6.07) is 4.91. The maximum Gasteiger partial charge on any atom is 0.267 e. The summed E-state index contributed by atoms with van der Waals surface area (Å²) in [5.74, 6) is -0.286. The lowest BCUT2D eigenvalue weighted by molar-refractivity contribution is 0.103. The summed E-state index contributed by atoms with van der Waals surface area (Å²) in [5.41, 5.74) is 7.53. The molecule has 0 spiro atoms. The monoisotopic (exact) mass is 300 g/mol. The van der Waals surface area contributed by atoms with Gasteiger partial charge in [-0.15, -0.1) is 11.3 Å². The molecule has 3 N–H and O–H groups in total. The highest BCUT2D eigenvalue weighted by atomic mass is 35.5. The van der Waals surface area contributed by atoms with Gasteiger partial charge in [0.1, 0.15) is 4.88 Å².